The summed E-state index contributed by atoms with van der Waals surface area (Å²) in [6.07, 6.45) is 0. The van der Waals surface area contributed by atoms with Crippen molar-refractivity contribution in [2.24, 2.45) is 0 Å². The molecule has 2 rings (SSSR count). The highest BCUT2D eigenvalue weighted by Crippen LogP contribution is 2.31. The molecule has 1 N–H and O–H groups in total. The molecule has 1 aliphatic rings. The molecule has 1 saturated heterocycles. The van der Waals surface area contributed by atoms with Gasteiger partial charge in [0.1, 0.15) is 0 Å². The fourth-order valence-electron chi connectivity index (χ4n) is 2.28. The molecule has 0 amide bonds. The lowest BCUT2D eigenvalue weighted by atomic mass is 9.99. The highest BCUT2D eigenvalue weighted by atomic mass is 32.1. The second-order valence-corrected chi connectivity index (χ2v) is 7.02. The Bertz CT molecular complexity index is 419. The third kappa shape index (κ3) is 2.61. The fraction of sp³-hybridized carbons (Fsp3) is 0.800. The highest BCUT2D eigenvalue weighted by molar-refractivity contribution is 7.73. The number of ether oxygens (including phenoxy) is 1. The lowest BCUT2D eigenvalue weighted by Gasteiger charge is -2.46. The Kier molecular flexibility index (Phi) is 2.84. The van der Waals surface area contributed by atoms with E-state index >= 15 is 0 Å². The molecule has 4 nitrogen and oxygen atoms in total. The van der Waals surface area contributed by atoms with Crippen LogP contribution < -0.4 is 4.90 Å². The molecule has 1 aliphatic heterocycles. The monoisotopic (exact) mass is 259 g/mol. The van der Waals surface area contributed by atoms with E-state index < -0.39 is 0 Å². The van der Waals surface area contributed by atoms with Gasteiger partial charge in [-0.3, -0.25) is 5.10 Å². The zero-order valence-electron chi connectivity index (χ0n) is 10.0. The molecule has 0 saturated carbocycles. The minimum absolute atomic E-state index is 0.158. The van der Waals surface area contributed by atoms with Crippen molar-refractivity contribution in [3.8, 4) is 0 Å². The van der Waals surface area contributed by atoms with Crippen LogP contribution in [0, 0.1) is 3.95 Å². The maximum atomic E-state index is 6.02. The zero-order valence-corrected chi connectivity index (χ0v) is 11.7. The van der Waals surface area contributed by atoms with Crippen molar-refractivity contribution in [3.63, 3.8) is 0 Å². The van der Waals surface area contributed by atoms with Crippen LogP contribution in [-0.4, -0.2) is 34.5 Å². The second-order valence-electron chi connectivity index (χ2n) is 5.37. The number of hydrogen-bond donors (Lipinski definition) is 1. The van der Waals surface area contributed by atoms with E-state index in [0.717, 1.165) is 22.2 Å². The molecule has 0 radical (unpaired) electrons. The van der Waals surface area contributed by atoms with E-state index in [2.05, 4.69) is 42.8 Å². The van der Waals surface area contributed by atoms with E-state index in [0.29, 0.717) is 0 Å². The van der Waals surface area contributed by atoms with Crippen molar-refractivity contribution in [2.45, 2.75) is 38.9 Å². The van der Waals surface area contributed by atoms with Crippen LogP contribution in [0.5, 0.6) is 0 Å². The molecule has 0 spiro atoms. The molecular formula is C10H17N3OS2. The second kappa shape index (κ2) is 3.78. The van der Waals surface area contributed by atoms with Crippen LogP contribution >= 0.6 is 23.6 Å². The van der Waals surface area contributed by atoms with E-state index in [-0.39, 0.29) is 11.2 Å². The number of H-pyrrole nitrogens is 1. The largest absolute Gasteiger partial charge is 0.366 e. The van der Waals surface area contributed by atoms with Crippen molar-refractivity contribution < 1.29 is 4.74 Å². The summed E-state index contributed by atoms with van der Waals surface area (Å²) in [5, 5.41) is 8.00. The van der Waals surface area contributed by atoms with Crippen LogP contribution in [0.25, 0.3) is 0 Å². The molecule has 0 bridgehead atoms. The van der Waals surface area contributed by atoms with Crippen LogP contribution in [0.4, 0.5) is 5.13 Å². The van der Waals surface area contributed by atoms with Crippen molar-refractivity contribution in [3.05, 3.63) is 3.95 Å². The molecule has 2 heterocycles. The maximum Gasteiger partial charge on any atom is 0.207 e. The van der Waals surface area contributed by atoms with Crippen molar-refractivity contribution in [1.29, 1.82) is 0 Å². The van der Waals surface area contributed by atoms with E-state index in [4.69, 9.17) is 17.0 Å². The van der Waals surface area contributed by atoms with Gasteiger partial charge in [0.05, 0.1) is 11.2 Å². The number of rotatable bonds is 1. The summed E-state index contributed by atoms with van der Waals surface area (Å²) in [4.78, 5) is 2.24. The molecule has 1 aromatic rings. The standard InChI is InChI=1S/C10H17N3OS2/c1-9(2)5-13(6-10(3,4)14-9)7-11-12-8(15)16-7/h5-6H2,1-4H3,(H,12,15). The molecule has 0 aromatic carbocycles. The Morgan fingerprint density at radius 3 is 2.31 bits per heavy atom. The Hall–Kier alpha value is -0.460. The molecule has 0 aliphatic carbocycles. The summed E-state index contributed by atoms with van der Waals surface area (Å²) in [5.74, 6) is 0. The molecular weight excluding hydrogens is 242 g/mol. The number of aromatic nitrogens is 2. The van der Waals surface area contributed by atoms with Gasteiger partial charge in [0.15, 0.2) is 3.95 Å². The summed E-state index contributed by atoms with van der Waals surface area (Å²) in [6, 6.07) is 0. The number of morpholine rings is 1. The Labute approximate surface area is 105 Å². The molecule has 0 atom stereocenters. The first-order valence-electron chi connectivity index (χ1n) is 5.28. The average Bonchev–Trinajstić information content (AvgIpc) is 2.45. The maximum absolute atomic E-state index is 6.02. The van der Waals surface area contributed by atoms with Gasteiger partial charge in [0, 0.05) is 13.1 Å². The smallest absolute Gasteiger partial charge is 0.207 e. The Balaban J connectivity index is 2.26. The summed E-state index contributed by atoms with van der Waals surface area (Å²) >= 11 is 6.57. The molecule has 90 valence electrons. The van der Waals surface area contributed by atoms with Gasteiger partial charge in [-0.25, -0.2) is 0 Å². The van der Waals surface area contributed by atoms with Gasteiger partial charge in [-0.2, -0.15) is 0 Å². The van der Waals surface area contributed by atoms with Gasteiger partial charge in [0.2, 0.25) is 5.13 Å². The lowest BCUT2D eigenvalue weighted by Crippen LogP contribution is -2.57. The topological polar surface area (TPSA) is 41.2 Å². The number of hydrogen-bond acceptors (Lipinski definition) is 5. The van der Waals surface area contributed by atoms with Gasteiger partial charge in [-0.05, 0) is 39.9 Å². The Morgan fingerprint density at radius 2 is 1.88 bits per heavy atom. The van der Waals surface area contributed by atoms with Gasteiger partial charge in [-0.15, -0.1) is 5.10 Å². The lowest BCUT2D eigenvalue weighted by molar-refractivity contribution is -0.133. The predicted molar refractivity (Wildman–Crippen MR) is 68.8 cm³/mol. The van der Waals surface area contributed by atoms with Crippen LogP contribution in [0.2, 0.25) is 0 Å². The number of nitrogens with one attached hydrogen (secondary N) is 1. The van der Waals surface area contributed by atoms with E-state index in [1.54, 1.807) is 0 Å². The SMILES string of the molecule is CC1(C)CN(c2n[nH]c(=S)s2)CC(C)(C)O1. The van der Waals surface area contributed by atoms with Crippen LogP contribution in [0.3, 0.4) is 0 Å². The predicted octanol–water partition coefficient (Wildman–Crippen LogP) is 2.59. The summed E-state index contributed by atoms with van der Waals surface area (Å²) in [5.41, 5.74) is -0.315. The highest BCUT2D eigenvalue weighted by Gasteiger charge is 2.39. The van der Waals surface area contributed by atoms with Crippen LogP contribution in [0.15, 0.2) is 0 Å². The number of nitrogens with zero attached hydrogens (tertiary/aromatic N) is 2. The first-order chi connectivity index (χ1) is 7.27. The first kappa shape index (κ1) is 12.0. The van der Waals surface area contributed by atoms with Crippen molar-refractivity contribution in [2.75, 3.05) is 18.0 Å². The number of aromatic amines is 1. The van der Waals surface area contributed by atoms with Gasteiger partial charge >= 0.3 is 0 Å². The minimum atomic E-state index is -0.158. The van der Waals surface area contributed by atoms with Crippen molar-refractivity contribution >= 4 is 28.7 Å². The fourth-order valence-corrected chi connectivity index (χ4v) is 3.16. The van der Waals surface area contributed by atoms with Crippen molar-refractivity contribution in [1.82, 2.24) is 10.2 Å². The molecule has 6 heteroatoms. The molecule has 16 heavy (non-hydrogen) atoms. The number of anilines is 1. The van der Waals surface area contributed by atoms with E-state index in [9.17, 15) is 0 Å². The third-order valence-electron chi connectivity index (χ3n) is 2.39. The summed E-state index contributed by atoms with van der Waals surface area (Å²) in [7, 11) is 0. The minimum Gasteiger partial charge on any atom is -0.366 e. The van der Waals surface area contributed by atoms with Gasteiger partial charge in [-0.1, -0.05) is 11.3 Å². The van der Waals surface area contributed by atoms with Gasteiger partial charge in [0.25, 0.3) is 0 Å². The van der Waals surface area contributed by atoms with Crippen LogP contribution in [-0.2, 0) is 4.74 Å². The van der Waals surface area contributed by atoms with E-state index in [1.165, 1.54) is 11.3 Å². The quantitative estimate of drug-likeness (QED) is 0.787. The average molecular weight is 259 g/mol. The summed E-state index contributed by atoms with van der Waals surface area (Å²) in [6.45, 7) is 10.1. The zero-order chi connectivity index (χ0) is 12.0. The van der Waals surface area contributed by atoms with Crippen LogP contribution in [0.1, 0.15) is 27.7 Å². The molecule has 1 aromatic heterocycles. The van der Waals surface area contributed by atoms with Gasteiger partial charge < -0.3 is 9.64 Å². The Morgan fingerprint density at radius 1 is 1.31 bits per heavy atom. The summed E-state index contributed by atoms with van der Waals surface area (Å²) < 4.78 is 6.74. The first-order valence-corrected chi connectivity index (χ1v) is 6.51. The molecule has 0 unspecified atom stereocenters. The molecule has 1 fully saturated rings. The van der Waals surface area contributed by atoms with E-state index in [1.807, 2.05) is 0 Å². The third-order valence-corrected chi connectivity index (χ3v) is 3.54. The normalized spacial score (nSPS) is 23.4.